The van der Waals surface area contributed by atoms with Gasteiger partial charge in [-0.15, -0.1) is 0 Å². The average Bonchev–Trinajstić information content (AvgIpc) is 2.64. The Morgan fingerprint density at radius 2 is 2.06 bits per heavy atom. The van der Waals surface area contributed by atoms with E-state index in [0.717, 1.165) is 6.07 Å². The molecule has 0 aliphatic carbocycles. The van der Waals surface area contributed by atoms with E-state index in [1.54, 1.807) is 11.5 Å². The number of benzene rings is 1. The fourth-order valence-electron chi connectivity index (χ4n) is 1.65. The van der Waals surface area contributed by atoms with Crippen molar-refractivity contribution in [2.24, 2.45) is 0 Å². The highest BCUT2D eigenvalue weighted by Crippen LogP contribution is 2.24. The number of rotatable bonds is 2. The van der Waals surface area contributed by atoms with Crippen LogP contribution in [0.1, 0.15) is 12.5 Å². The predicted octanol–water partition coefficient (Wildman–Crippen LogP) is 3.21. The zero-order chi connectivity index (χ0) is 12.6. The Labute approximate surface area is 102 Å². The van der Waals surface area contributed by atoms with Crippen molar-refractivity contribution in [2.75, 3.05) is 0 Å². The second-order valence-corrected chi connectivity index (χ2v) is 4.06. The SMILES string of the molecule is CCn1c(-c2cc(C)c(F)cc2F)n[nH]c1=S. The molecule has 90 valence electrons. The van der Waals surface area contributed by atoms with Gasteiger partial charge in [0.1, 0.15) is 11.6 Å². The van der Waals surface area contributed by atoms with Crippen LogP contribution < -0.4 is 0 Å². The molecule has 0 aliphatic rings. The summed E-state index contributed by atoms with van der Waals surface area (Å²) in [5, 5.41) is 6.58. The molecule has 6 heteroatoms. The quantitative estimate of drug-likeness (QED) is 0.836. The molecule has 1 aromatic carbocycles. The van der Waals surface area contributed by atoms with E-state index >= 15 is 0 Å². The van der Waals surface area contributed by atoms with Crippen molar-refractivity contribution in [2.45, 2.75) is 20.4 Å². The van der Waals surface area contributed by atoms with E-state index in [4.69, 9.17) is 12.2 Å². The van der Waals surface area contributed by atoms with E-state index in [1.807, 2.05) is 6.92 Å². The molecule has 1 N–H and O–H groups in total. The van der Waals surface area contributed by atoms with Crippen LogP contribution in [-0.2, 0) is 6.54 Å². The minimum atomic E-state index is -0.642. The first kappa shape index (κ1) is 11.9. The molecule has 0 bridgehead atoms. The third-order valence-corrected chi connectivity index (χ3v) is 2.88. The first-order chi connectivity index (χ1) is 8.04. The summed E-state index contributed by atoms with van der Waals surface area (Å²) >= 11 is 5.02. The van der Waals surface area contributed by atoms with E-state index in [9.17, 15) is 8.78 Å². The van der Waals surface area contributed by atoms with Gasteiger partial charge < -0.3 is 4.57 Å². The molecule has 0 radical (unpaired) electrons. The zero-order valence-corrected chi connectivity index (χ0v) is 10.2. The zero-order valence-electron chi connectivity index (χ0n) is 9.42. The molecule has 0 saturated heterocycles. The van der Waals surface area contributed by atoms with Crippen LogP contribution in [0.3, 0.4) is 0 Å². The summed E-state index contributed by atoms with van der Waals surface area (Å²) in [4.78, 5) is 0. The number of aromatic nitrogens is 3. The van der Waals surface area contributed by atoms with Crippen LogP contribution in [0.4, 0.5) is 8.78 Å². The van der Waals surface area contributed by atoms with Crippen LogP contribution in [0.15, 0.2) is 12.1 Å². The number of hydrogen-bond donors (Lipinski definition) is 1. The van der Waals surface area contributed by atoms with E-state index in [1.165, 1.54) is 6.07 Å². The number of aryl methyl sites for hydroxylation is 1. The second kappa shape index (κ2) is 4.37. The number of halogens is 2. The number of aromatic amines is 1. The highest BCUT2D eigenvalue weighted by molar-refractivity contribution is 7.71. The lowest BCUT2D eigenvalue weighted by atomic mass is 10.1. The molecule has 0 fully saturated rings. The van der Waals surface area contributed by atoms with Crippen molar-refractivity contribution >= 4 is 12.2 Å². The molecule has 2 rings (SSSR count). The minimum Gasteiger partial charge on any atom is -0.300 e. The standard InChI is InChI=1S/C11H11F2N3S/c1-3-16-10(14-15-11(16)17)7-4-6(2)8(12)5-9(7)13/h4-5H,3H2,1-2H3,(H,15,17). The third-order valence-electron chi connectivity index (χ3n) is 2.56. The summed E-state index contributed by atoms with van der Waals surface area (Å²) in [5.74, 6) is -0.821. The van der Waals surface area contributed by atoms with Gasteiger partial charge in [0, 0.05) is 12.6 Å². The molecule has 0 saturated carbocycles. The van der Waals surface area contributed by atoms with Crippen molar-refractivity contribution < 1.29 is 8.78 Å². The molecule has 17 heavy (non-hydrogen) atoms. The lowest BCUT2D eigenvalue weighted by molar-refractivity contribution is 0.578. The summed E-state index contributed by atoms with van der Waals surface area (Å²) in [6.45, 7) is 4.03. The molecule has 0 spiro atoms. The van der Waals surface area contributed by atoms with Crippen LogP contribution in [0.25, 0.3) is 11.4 Å². The molecule has 0 unspecified atom stereocenters. The largest absolute Gasteiger partial charge is 0.300 e. The Morgan fingerprint density at radius 3 is 2.71 bits per heavy atom. The molecular formula is C11H11F2N3S. The summed E-state index contributed by atoms with van der Waals surface area (Å²) in [5.41, 5.74) is 0.621. The monoisotopic (exact) mass is 255 g/mol. The number of H-pyrrole nitrogens is 1. The van der Waals surface area contributed by atoms with Crippen LogP contribution in [0.2, 0.25) is 0 Å². The summed E-state index contributed by atoms with van der Waals surface area (Å²) in [6, 6.07) is 2.30. The van der Waals surface area contributed by atoms with Gasteiger partial charge in [-0.2, -0.15) is 5.10 Å². The molecule has 0 atom stereocenters. The molecule has 2 aromatic rings. The van der Waals surface area contributed by atoms with Crippen molar-refractivity contribution in [1.29, 1.82) is 0 Å². The third kappa shape index (κ3) is 2.00. The number of nitrogens with zero attached hydrogens (tertiary/aromatic N) is 2. The number of nitrogens with one attached hydrogen (secondary N) is 1. The van der Waals surface area contributed by atoms with Crippen LogP contribution >= 0.6 is 12.2 Å². The molecule has 0 amide bonds. The van der Waals surface area contributed by atoms with E-state index in [2.05, 4.69) is 10.2 Å². The Bertz CT molecular complexity index is 616. The first-order valence-corrected chi connectivity index (χ1v) is 5.56. The first-order valence-electron chi connectivity index (χ1n) is 5.15. The Morgan fingerprint density at radius 1 is 1.35 bits per heavy atom. The van der Waals surface area contributed by atoms with E-state index in [0.29, 0.717) is 22.7 Å². The molecule has 1 heterocycles. The van der Waals surface area contributed by atoms with Gasteiger partial charge in [0.25, 0.3) is 0 Å². The molecule has 0 aliphatic heterocycles. The molecule has 1 aromatic heterocycles. The van der Waals surface area contributed by atoms with Crippen LogP contribution in [-0.4, -0.2) is 14.8 Å². The Hall–Kier alpha value is -1.56. The van der Waals surface area contributed by atoms with Gasteiger partial charge in [-0.05, 0) is 37.7 Å². The highest BCUT2D eigenvalue weighted by Gasteiger charge is 2.14. The average molecular weight is 255 g/mol. The van der Waals surface area contributed by atoms with Gasteiger partial charge >= 0.3 is 0 Å². The van der Waals surface area contributed by atoms with Crippen LogP contribution in [0.5, 0.6) is 0 Å². The highest BCUT2D eigenvalue weighted by atomic mass is 32.1. The maximum atomic E-state index is 13.7. The smallest absolute Gasteiger partial charge is 0.195 e. The van der Waals surface area contributed by atoms with Gasteiger partial charge in [-0.25, -0.2) is 8.78 Å². The molecule has 3 nitrogen and oxygen atoms in total. The van der Waals surface area contributed by atoms with E-state index < -0.39 is 11.6 Å². The van der Waals surface area contributed by atoms with Gasteiger partial charge in [0.2, 0.25) is 0 Å². The number of hydrogen-bond acceptors (Lipinski definition) is 2. The Balaban J connectivity index is 2.68. The maximum absolute atomic E-state index is 13.7. The lowest BCUT2D eigenvalue weighted by Gasteiger charge is -2.06. The van der Waals surface area contributed by atoms with Crippen molar-refractivity contribution in [3.8, 4) is 11.4 Å². The maximum Gasteiger partial charge on any atom is 0.195 e. The summed E-state index contributed by atoms with van der Waals surface area (Å²) in [7, 11) is 0. The minimum absolute atomic E-state index is 0.248. The van der Waals surface area contributed by atoms with Gasteiger partial charge in [-0.1, -0.05) is 0 Å². The Kier molecular flexibility index (Phi) is 3.06. The topological polar surface area (TPSA) is 33.6 Å². The van der Waals surface area contributed by atoms with Crippen LogP contribution in [0, 0.1) is 23.3 Å². The van der Waals surface area contributed by atoms with Crippen molar-refractivity contribution in [3.63, 3.8) is 0 Å². The predicted molar refractivity (Wildman–Crippen MR) is 63.2 cm³/mol. The van der Waals surface area contributed by atoms with Crippen molar-refractivity contribution in [1.82, 2.24) is 14.8 Å². The fraction of sp³-hybridized carbons (Fsp3) is 0.273. The summed E-state index contributed by atoms with van der Waals surface area (Å²) in [6.07, 6.45) is 0. The fourth-order valence-corrected chi connectivity index (χ4v) is 1.91. The van der Waals surface area contributed by atoms with E-state index in [-0.39, 0.29) is 5.56 Å². The summed E-state index contributed by atoms with van der Waals surface area (Å²) < 4.78 is 28.9. The lowest BCUT2D eigenvalue weighted by Crippen LogP contribution is -2.00. The van der Waals surface area contributed by atoms with Crippen molar-refractivity contribution in [3.05, 3.63) is 34.1 Å². The van der Waals surface area contributed by atoms with Gasteiger partial charge in [0.05, 0.1) is 5.56 Å². The van der Waals surface area contributed by atoms with Gasteiger partial charge in [0.15, 0.2) is 10.6 Å². The molecular weight excluding hydrogens is 244 g/mol. The van der Waals surface area contributed by atoms with Gasteiger partial charge in [-0.3, -0.25) is 5.10 Å². The second-order valence-electron chi connectivity index (χ2n) is 3.68. The normalized spacial score (nSPS) is 10.8.